The molecule has 0 aliphatic heterocycles. The molecule has 2 aromatic heterocycles. The Bertz CT molecular complexity index is 679. The number of hydrogen-bond donors (Lipinski definition) is 1. The van der Waals surface area contributed by atoms with Gasteiger partial charge in [-0.3, -0.25) is 0 Å². The largest absolute Gasteiger partial charge is 0.467 e. The predicted octanol–water partition coefficient (Wildman–Crippen LogP) is 3.52. The van der Waals surface area contributed by atoms with Crippen molar-refractivity contribution < 1.29 is 8.83 Å². The van der Waals surface area contributed by atoms with Gasteiger partial charge in [-0.25, -0.2) is 0 Å². The Hall–Kier alpha value is -2.27. The van der Waals surface area contributed by atoms with Gasteiger partial charge in [0.05, 0.1) is 19.2 Å². The molecule has 102 valence electrons. The quantitative estimate of drug-likeness (QED) is 0.778. The van der Waals surface area contributed by atoms with Crippen LogP contribution in [0.15, 0.2) is 51.5 Å². The minimum atomic E-state index is 0.364. The Morgan fingerprint density at radius 1 is 1.10 bits per heavy atom. The fraction of sp³-hybridized carbons (Fsp3) is 0.143. The Labute approximate surface area is 120 Å². The zero-order valence-corrected chi connectivity index (χ0v) is 11.3. The average Bonchev–Trinajstić information content (AvgIpc) is 3.10. The molecule has 3 aromatic rings. The van der Waals surface area contributed by atoms with Crippen LogP contribution in [-0.2, 0) is 13.0 Å². The molecule has 6 heteroatoms. The van der Waals surface area contributed by atoms with Crippen LogP contribution in [0.1, 0.15) is 17.2 Å². The highest BCUT2D eigenvalue weighted by Gasteiger charge is 2.09. The van der Waals surface area contributed by atoms with Crippen molar-refractivity contribution in [3.8, 4) is 0 Å². The molecule has 0 saturated carbocycles. The number of halogens is 1. The summed E-state index contributed by atoms with van der Waals surface area (Å²) in [5.41, 5.74) is 0.954. The molecular formula is C14H12ClN3O2. The van der Waals surface area contributed by atoms with Crippen molar-refractivity contribution in [2.45, 2.75) is 13.0 Å². The van der Waals surface area contributed by atoms with Crippen LogP contribution in [0.4, 0.5) is 6.01 Å². The third-order valence-corrected chi connectivity index (χ3v) is 3.13. The molecule has 0 fully saturated rings. The summed E-state index contributed by atoms with van der Waals surface area (Å²) in [5.74, 6) is 1.32. The molecule has 0 saturated heterocycles. The van der Waals surface area contributed by atoms with E-state index in [0.717, 1.165) is 11.3 Å². The van der Waals surface area contributed by atoms with E-state index in [2.05, 4.69) is 15.5 Å². The number of rotatable bonds is 5. The lowest BCUT2D eigenvalue weighted by atomic mass is 10.1. The fourth-order valence-electron chi connectivity index (χ4n) is 1.78. The Morgan fingerprint density at radius 3 is 2.80 bits per heavy atom. The predicted molar refractivity (Wildman–Crippen MR) is 74.6 cm³/mol. The van der Waals surface area contributed by atoms with E-state index in [1.165, 1.54) is 0 Å². The first-order chi connectivity index (χ1) is 9.81. The molecule has 0 aliphatic rings. The van der Waals surface area contributed by atoms with Gasteiger partial charge < -0.3 is 14.2 Å². The number of hydrogen-bond acceptors (Lipinski definition) is 5. The normalized spacial score (nSPS) is 10.7. The van der Waals surface area contributed by atoms with Crippen molar-refractivity contribution in [1.29, 1.82) is 0 Å². The number of aromatic nitrogens is 2. The first-order valence-corrected chi connectivity index (χ1v) is 6.51. The first kappa shape index (κ1) is 12.7. The molecule has 20 heavy (non-hydrogen) atoms. The van der Waals surface area contributed by atoms with Crippen LogP contribution in [0.5, 0.6) is 0 Å². The second-order valence-electron chi connectivity index (χ2n) is 4.20. The number of furan rings is 1. The number of nitrogens with one attached hydrogen (secondary N) is 1. The van der Waals surface area contributed by atoms with E-state index in [9.17, 15) is 0 Å². The smallest absolute Gasteiger partial charge is 0.315 e. The highest BCUT2D eigenvalue weighted by Crippen LogP contribution is 2.19. The van der Waals surface area contributed by atoms with Crippen molar-refractivity contribution in [3.63, 3.8) is 0 Å². The topological polar surface area (TPSA) is 64.1 Å². The fourth-order valence-corrected chi connectivity index (χ4v) is 1.98. The highest BCUT2D eigenvalue weighted by molar-refractivity contribution is 6.31. The van der Waals surface area contributed by atoms with Crippen molar-refractivity contribution in [2.75, 3.05) is 5.32 Å². The van der Waals surface area contributed by atoms with E-state index in [1.54, 1.807) is 6.26 Å². The molecule has 0 atom stereocenters. The zero-order valence-electron chi connectivity index (χ0n) is 10.5. The summed E-state index contributed by atoms with van der Waals surface area (Å²) in [6, 6.07) is 11.6. The van der Waals surface area contributed by atoms with E-state index in [4.69, 9.17) is 20.4 Å². The lowest BCUT2D eigenvalue weighted by Crippen LogP contribution is -1.97. The number of benzene rings is 1. The Kier molecular flexibility index (Phi) is 3.69. The lowest BCUT2D eigenvalue weighted by molar-refractivity contribution is 0.497. The van der Waals surface area contributed by atoms with Crippen molar-refractivity contribution in [1.82, 2.24) is 10.2 Å². The Balaban J connectivity index is 1.63. The van der Waals surface area contributed by atoms with Crippen LogP contribution in [0.2, 0.25) is 5.02 Å². The van der Waals surface area contributed by atoms with Gasteiger partial charge in [0.1, 0.15) is 5.76 Å². The SMILES string of the molecule is Clc1ccccc1Cc1nnc(NCc2ccco2)o1. The molecule has 1 N–H and O–H groups in total. The van der Waals surface area contributed by atoms with Crippen LogP contribution in [0.3, 0.4) is 0 Å². The van der Waals surface area contributed by atoms with Crippen LogP contribution in [0, 0.1) is 0 Å². The molecule has 0 unspecified atom stereocenters. The minimum absolute atomic E-state index is 0.364. The lowest BCUT2D eigenvalue weighted by Gasteiger charge is -1.99. The van der Waals surface area contributed by atoms with E-state index in [-0.39, 0.29) is 0 Å². The second-order valence-corrected chi connectivity index (χ2v) is 4.61. The Morgan fingerprint density at radius 2 is 2.00 bits per heavy atom. The van der Waals surface area contributed by atoms with Crippen LogP contribution >= 0.6 is 11.6 Å². The van der Waals surface area contributed by atoms with Crippen molar-refractivity contribution in [3.05, 3.63) is 64.9 Å². The molecule has 1 aromatic carbocycles. The summed E-state index contributed by atoms with van der Waals surface area (Å²) in [4.78, 5) is 0. The second kappa shape index (κ2) is 5.79. The van der Waals surface area contributed by atoms with Crippen molar-refractivity contribution in [2.24, 2.45) is 0 Å². The molecule has 3 rings (SSSR count). The summed E-state index contributed by atoms with van der Waals surface area (Å²) < 4.78 is 10.7. The van der Waals surface area contributed by atoms with Gasteiger partial charge in [-0.05, 0) is 23.8 Å². The van der Waals surface area contributed by atoms with Crippen molar-refractivity contribution >= 4 is 17.6 Å². The van der Waals surface area contributed by atoms with E-state index < -0.39 is 0 Å². The van der Waals surface area contributed by atoms with Gasteiger partial charge >= 0.3 is 6.01 Å². The summed E-state index contributed by atoms with van der Waals surface area (Å²) in [5, 5.41) is 11.6. The van der Waals surface area contributed by atoms with Crippen LogP contribution in [-0.4, -0.2) is 10.2 Å². The molecule has 0 spiro atoms. The van der Waals surface area contributed by atoms with Gasteiger partial charge in [0.2, 0.25) is 5.89 Å². The molecule has 2 heterocycles. The van der Waals surface area contributed by atoms with Gasteiger partial charge in [0.25, 0.3) is 0 Å². The van der Waals surface area contributed by atoms with Crippen LogP contribution < -0.4 is 5.32 Å². The van der Waals surface area contributed by atoms with Gasteiger partial charge in [0.15, 0.2) is 0 Å². The number of anilines is 1. The third-order valence-electron chi connectivity index (χ3n) is 2.76. The third kappa shape index (κ3) is 3.00. The summed E-state index contributed by atoms with van der Waals surface area (Å²) in [6.07, 6.45) is 2.13. The monoisotopic (exact) mass is 289 g/mol. The molecule has 0 aliphatic carbocycles. The van der Waals surface area contributed by atoms with Gasteiger partial charge in [-0.1, -0.05) is 34.9 Å². The maximum atomic E-state index is 6.09. The maximum absolute atomic E-state index is 6.09. The highest BCUT2D eigenvalue weighted by atomic mass is 35.5. The summed E-state index contributed by atoms with van der Waals surface area (Å²) in [7, 11) is 0. The van der Waals surface area contributed by atoms with E-state index >= 15 is 0 Å². The summed E-state index contributed by atoms with van der Waals surface area (Å²) in [6.45, 7) is 0.501. The number of nitrogens with zero attached hydrogens (tertiary/aromatic N) is 2. The summed E-state index contributed by atoms with van der Waals surface area (Å²) >= 11 is 6.09. The van der Waals surface area contributed by atoms with Gasteiger partial charge in [0, 0.05) is 5.02 Å². The maximum Gasteiger partial charge on any atom is 0.315 e. The van der Waals surface area contributed by atoms with E-state index in [0.29, 0.717) is 29.9 Å². The van der Waals surface area contributed by atoms with Gasteiger partial charge in [-0.15, -0.1) is 5.10 Å². The average molecular weight is 290 g/mol. The van der Waals surface area contributed by atoms with Crippen LogP contribution in [0.25, 0.3) is 0 Å². The standard InChI is InChI=1S/C14H12ClN3O2/c15-12-6-2-1-4-10(12)8-13-17-18-14(20-13)16-9-11-5-3-7-19-11/h1-7H,8-9H2,(H,16,18). The molecule has 0 amide bonds. The zero-order chi connectivity index (χ0) is 13.8. The minimum Gasteiger partial charge on any atom is -0.467 e. The van der Waals surface area contributed by atoms with E-state index in [1.807, 2.05) is 36.4 Å². The van der Waals surface area contributed by atoms with Gasteiger partial charge in [-0.2, -0.15) is 0 Å². The first-order valence-electron chi connectivity index (χ1n) is 6.13. The molecular weight excluding hydrogens is 278 g/mol. The molecule has 0 bridgehead atoms. The molecule has 5 nitrogen and oxygen atoms in total. The molecule has 0 radical (unpaired) electrons.